The number of hydrogen-bond donors (Lipinski definition) is 2. The zero-order valence-corrected chi connectivity index (χ0v) is 16.1. The fourth-order valence-corrected chi connectivity index (χ4v) is 3.75. The van der Waals surface area contributed by atoms with Crippen molar-refractivity contribution in [1.29, 1.82) is 0 Å². The molecule has 2 saturated heterocycles. The molecule has 152 valence electrons. The molecule has 4 rings (SSSR count). The summed E-state index contributed by atoms with van der Waals surface area (Å²) < 4.78 is 19.4. The topological polar surface area (TPSA) is 70.7 Å². The summed E-state index contributed by atoms with van der Waals surface area (Å²) in [5, 5.41) is 5.54. The molecule has 0 radical (unpaired) electrons. The van der Waals surface area contributed by atoms with Gasteiger partial charge in [0.1, 0.15) is 11.9 Å². The average molecular weight is 397 g/mol. The molecule has 2 fully saturated rings. The largest absolute Gasteiger partial charge is 0.371 e. The first kappa shape index (κ1) is 19.4. The van der Waals surface area contributed by atoms with Gasteiger partial charge in [-0.1, -0.05) is 6.07 Å². The SMILES string of the molecule is O=C(Nc1cc(F)cc(N2CCCC2)c1)c1cccc(NC(=O)[C@H]2CCCO2)c1. The Kier molecular flexibility index (Phi) is 5.76. The number of halogens is 1. The molecule has 0 saturated carbocycles. The van der Waals surface area contributed by atoms with Gasteiger partial charge in [0.05, 0.1) is 0 Å². The number of hydrogen-bond acceptors (Lipinski definition) is 4. The summed E-state index contributed by atoms with van der Waals surface area (Å²) in [4.78, 5) is 27.0. The fraction of sp³-hybridized carbons (Fsp3) is 0.364. The van der Waals surface area contributed by atoms with E-state index in [2.05, 4.69) is 15.5 Å². The Morgan fingerprint density at radius 2 is 1.83 bits per heavy atom. The quantitative estimate of drug-likeness (QED) is 0.805. The van der Waals surface area contributed by atoms with Crippen molar-refractivity contribution in [3.63, 3.8) is 0 Å². The number of amides is 2. The third-order valence-corrected chi connectivity index (χ3v) is 5.23. The molecule has 2 N–H and O–H groups in total. The van der Waals surface area contributed by atoms with E-state index in [1.807, 2.05) is 0 Å². The Hall–Kier alpha value is -2.93. The lowest BCUT2D eigenvalue weighted by Gasteiger charge is -2.19. The molecule has 2 aromatic carbocycles. The molecule has 0 spiro atoms. The number of nitrogens with one attached hydrogen (secondary N) is 2. The van der Waals surface area contributed by atoms with Gasteiger partial charge in [-0.3, -0.25) is 9.59 Å². The molecule has 2 aromatic rings. The van der Waals surface area contributed by atoms with E-state index in [9.17, 15) is 14.0 Å². The number of benzene rings is 2. The van der Waals surface area contributed by atoms with Crippen LogP contribution in [0.3, 0.4) is 0 Å². The van der Waals surface area contributed by atoms with Gasteiger partial charge in [-0.05, 0) is 62.1 Å². The smallest absolute Gasteiger partial charge is 0.255 e. The summed E-state index contributed by atoms with van der Waals surface area (Å²) in [5.74, 6) is -0.959. The van der Waals surface area contributed by atoms with E-state index in [0.717, 1.165) is 38.0 Å². The standard InChI is InChI=1S/C22H24FN3O3/c23-16-12-18(14-19(13-16)26-8-1-2-9-26)25-21(27)15-5-3-6-17(11-15)24-22(28)20-7-4-10-29-20/h3,5-6,11-14,20H,1-2,4,7-10H2,(H,24,28)(H,25,27)/t20-/m1/s1. The predicted molar refractivity (Wildman–Crippen MR) is 110 cm³/mol. The van der Waals surface area contributed by atoms with E-state index < -0.39 is 6.10 Å². The van der Waals surface area contributed by atoms with E-state index >= 15 is 0 Å². The molecule has 0 unspecified atom stereocenters. The van der Waals surface area contributed by atoms with Gasteiger partial charge in [0.25, 0.3) is 11.8 Å². The Bertz CT molecular complexity index is 906. The van der Waals surface area contributed by atoms with Crippen molar-refractivity contribution in [2.75, 3.05) is 35.2 Å². The molecular weight excluding hydrogens is 373 g/mol. The molecule has 0 aliphatic carbocycles. The monoisotopic (exact) mass is 397 g/mol. The van der Waals surface area contributed by atoms with Crippen LogP contribution < -0.4 is 15.5 Å². The van der Waals surface area contributed by atoms with E-state index in [1.54, 1.807) is 30.3 Å². The summed E-state index contributed by atoms with van der Waals surface area (Å²) >= 11 is 0. The van der Waals surface area contributed by atoms with Crippen molar-refractivity contribution < 1.29 is 18.7 Å². The molecule has 1 atom stereocenters. The Labute approximate surface area is 169 Å². The van der Waals surface area contributed by atoms with Crippen molar-refractivity contribution >= 4 is 28.9 Å². The highest BCUT2D eigenvalue weighted by Gasteiger charge is 2.23. The lowest BCUT2D eigenvalue weighted by molar-refractivity contribution is -0.124. The molecule has 7 heteroatoms. The molecule has 6 nitrogen and oxygen atoms in total. The molecule has 2 aliphatic heterocycles. The van der Waals surface area contributed by atoms with Crippen molar-refractivity contribution in [3.05, 3.63) is 53.8 Å². The molecule has 2 amide bonds. The van der Waals surface area contributed by atoms with Crippen LogP contribution in [0, 0.1) is 5.82 Å². The number of ether oxygens (including phenoxy) is 1. The minimum Gasteiger partial charge on any atom is -0.371 e. The highest BCUT2D eigenvalue weighted by molar-refractivity contribution is 6.05. The van der Waals surface area contributed by atoms with Gasteiger partial charge in [-0.25, -0.2) is 4.39 Å². The summed E-state index contributed by atoms with van der Waals surface area (Å²) in [6.07, 6.45) is 3.30. The first-order valence-corrected chi connectivity index (χ1v) is 9.98. The summed E-state index contributed by atoms with van der Waals surface area (Å²) in [6, 6.07) is 11.2. The third-order valence-electron chi connectivity index (χ3n) is 5.23. The second-order valence-corrected chi connectivity index (χ2v) is 7.42. The summed E-state index contributed by atoms with van der Waals surface area (Å²) in [7, 11) is 0. The van der Waals surface area contributed by atoms with Gasteiger partial charge in [0.2, 0.25) is 0 Å². The lowest BCUT2D eigenvalue weighted by atomic mass is 10.1. The molecule has 0 aromatic heterocycles. The second-order valence-electron chi connectivity index (χ2n) is 7.42. The normalized spacial score (nSPS) is 18.7. The van der Waals surface area contributed by atoms with E-state index in [-0.39, 0.29) is 17.6 Å². The van der Waals surface area contributed by atoms with Gasteiger partial charge >= 0.3 is 0 Å². The van der Waals surface area contributed by atoms with Crippen LogP contribution in [-0.4, -0.2) is 37.6 Å². The summed E-state index contributed by atoms with van der Waals surface area (Å²) in [6.45, 7) is 2.38. The van der Waals surface area contributed by atoms with Gasteiger partial charge in [0.15, 0.2) is 0 Å². The zero-order chi connectivity index (χ0) is 20.2. The highest BCUT2D eigenvalue weighted by Crippen LogP contribution is 2.26. The van der Waals surface area contributed by atoms with E-state index in [0.29, 0.717) is 30.0 Å². The van der Waals surface area contributed by atoms with Crippen molar-refractivity contribution in [3.8, 4) is 0 Å². The van der Waals surface area contributed by atoms with Crippen molar-refractivity contribution in [2.45, 2.75) is 31.8 Å². The lowest BCUT2D eigenvalue weighted by Crippen LogP contribution is -2.27. The number of rotatable bonds is 5. The van der Waals surface area contributed by atoms with Crippen LogP contribution in [0.25, 0.3) is 0 Å². The van der Waals surface area contributed by atoms with Crippen LogP contribution in [0.15, 0.2) is 42.5 Å². The van der Waals surface area contributed by atoms with Crippen LogP contribution in [-0.2, 0) is 9.53 Å². The molecular formula is C22H24FN3O3. The molecule has 29 heavy (non-hydrogen) atoms. The maximum atomic E-state index is 14.1. The van der Waals surface area contributed by atoms with Crippen LogP contribution >= 0.6 is 0 Å². The third kappa shape index (κ3) is 4.74. The number of anilines is 3. The van der Waals surface area contributed by atoms with Crippen LogP contribution in [0.4, 0.5) is 21.5 Å². The number of nitrogens with zero attached hydrogens (tertiary/aromatic N) is 1. The molecule has 0 bridgehead atoms. The Balaban J connectivity index is 1.45. The van der Waals surface area contributed by atoms with Crippen molar-refractivity contribution in [2.24, 2.45) is 0 Å². The van der Waals surface area contributed by atoms with Gasteiger partial charge in [-0.2, -0.15) is 0 Å². The Morgan fingerprint density at radius 3 is 2.59 bits per heavy atom. The number of carbonyl (C=O) groups is 2. The van der Waals surface area contributed by atoms with Gasteiger partial charge < -0.3 is 20.3 Å². The zero-order valence-electron chi connectivity index (χ0n) is 16.1. The maximum absolute atomic E-state index is 14.1. The summed E-state index contributed by atoms with van der Waals surface area (Å²) in [5.41, 5.74) is 2.08. The van der Waals surface area contributed by atoms with E-state index in [4.69, 9.17) is 4.74 Å². The maximum Gasteiger partial charge on any atom is 0.255 e. The first-order valence-electron chi connectivity index (χ1n) is 9.98. The first-order chi connectivity index (χ1) is 14.1. The molecule has 2 aliphatic rings. The van der Waals surface area contributed by atoms with Gasteiger partial charge in [-0.15, -0.1) is 0 Å². The number of carbonyl (C=O) groups excluding carboxylic acids is 2. The predicted octanol–water partition coefficient (Wildman–Crippen LogP) is 3.80. The second kappa shape index (κ2) is 8.61. The van der Waals surface area contributed by atoms with Crippen LogP contribution in [0.2, 0.25) is 0 Å². The molecule has 2 heterocycles. The average Bonchev–Trinajstić information content (AvgIpc) is 3.42. The van der Waals surface area contributed by atoms with Crippen LogP contribution in [0.5, 0.6) is 0 Å². The van der Waals surface area contributed by atoms with E-state index in [1.165, 1.54) is 12.1 Å². The van der Waals surface area contributed by atoms with Crippen molar-refractivity contribution in [1.82, 2.24) is 0 Å². The minimum atomic E-state index is -0.441. The van der Waals surface area contributed by atoms with Gasteiger partial charge in [0, 0.05) is 42.3 Å². The fourth-order valence-electron chi connectivity index (χ4n) is 3.75. The minimum absolute atomic E-state index is 0.208. The highest BCUT2D eigenvalue weighted by atomic mass is 19.1. The Morgan fingerprint density at radius 1 is 1.00 bits per heavy atom. The van der Waals surface area contributed by atoms with Crippen LogP contribution in [0.1, 0.15) is 36.0 Å².